The molecule has 0 aromatic heterocycles. The van der Waals surface area contributed by atoms with Gasteiger partial charge in [0.25, 0.3) is 0 Å². The number of aliphatic hydroxyl groups is 1. The normalized spacial score (nSPS) is 14.6. The van der Waals surface area contributed by atoms with Crippen molar-refractivity contribution < 1.29 is 33.4 Å². The molecule has 0 saturated carbocycles. The number of aromatic carboxylic acids is 1. The van der Waals surface area contributed by atoms with E-state index >= 15 is 0 Å². The molecule has 4 N–H and O–H groups in total. The second-order valence-electron chi connectivity index (χ2n) is 9.53. The summed E-state index contributed by atoms with van der Waals surface area (Å²) in [6, 6.07) is 14.6. The minimum Gasteiger partial charge on any atom is -0.477 e. The molecule has 0 bridgehead atoms. The number of halogens is 2. The van der Waals surface area contributed by atoms with E-state index in [1.807, 2.05) is 37.3 Å². The lowest BCUT2D eigenvalue weighted by molar-refractivity contribution is -0.138. The highest BCUT2D eigenvalue weighted by molar-refractivity contribution is 5.93. The first-order chi connectivity index (χ1) is 18.5. The van der Waals surface area contributed by atoms with E-state index in [1.54, 1.807) is 17.1 Å². The fraction of sp³-hybridized carbons (Fsp3) is 0.276. The minimum absolute atomic E-state index is 0.133. The third kappa shape index (κ3) is 6.30. The van der Waals surface area contributed by atoms with Gasteiger partial charge in [-0.1, -0.05) is 24.3 Å². The molecule has 0 radical (unpaired) electrons. The van der Waals surface area contributed by atoms with Crippen molar-refractivity contribution in [2.75, 3.05) is 19.6 Å². The lowest BCUT2D eigenvalue weighted by Crippen LogP contribution is -2.41. The number of benzene rings is 3. The van der Waals surface area contributed by atoms with Crippen LogP contribution in [0.3, 0.4) is 0 Å². The molecule has 1 fully saturated rings. The number of hydrogen-bond donors (Lipinski definition) is 3. The van der Waals surface area contributed by atoms with E-state index in [1.165, 1.54) is 5.01 Å². The van der Waals surface area contributed by atoms with Crippen LogP contribution in [0.5, 0.6) is 0 Å². The molecule has 1 unspecified atom stereocenters. The number of carbonyl (C=O) groups is 3. The highest BCUT2D eigenvalue weighted by atomic mass is 19.1. The molecule has 1 aliphatic rings. The Kier molecular flexibility index (Phi) is 8.37. The number of rotatable bonds is 10. The maximum Gasteiger partial charge on any atom is 0.341 e. The lowest BCUT2D eigenvalue weighted by atomic mass is 9.95. The predicted molar refractivity (Wildman–Crippen MR) is 140 cm³/mol. The topological polar surface area (TPSA) is 124 Å². The Morgan fingerprint density at radius 2 is 1.77 bits per heavy atom. The quantitative estimate of drug-likeness (QED) is 0.361. The molecule has 1 heterocycles. The van der Waals surface area contributed by atoms with Gasteiger partial charge in [-0.05, 0) is 77.9 Å². The molecular weight excluding hydrogens is 508 g/mol. The van der Waals surface area contributed by atoms with Crippen LogP contribution >= 0.6 is 0 Å². The van der Waals surface area contributed by atoms with E-state index < -0.39 is 35.2 Å². The van der Waals surface area contributed by atoms with E-state index in [4.69, 9.17) is 10.8 Å². The number of hydrogen-bond acceptors (Lipinski definition) is 5. The van der Waals surface area contributed by atoms with Gasteiger partial charge in [-0.15, -0.1) is 0 Å². The first kappa shape index (κ1) is 27.9. The van der Waals surface area contributed by atoms with Crippen molar-refractivity contribution in [3.05, 3.63) is 94.0 Å². The maximum atomic E-state index is 14.0. The molecule has 4 rings (SSSR count). The molecule has 1 aliphatic heterocycles. The summed E-state index contributed by atoms with van der Waals surface area (Å²) >= 11 is 0. The summed E-state index contributed by atoms with van der Waals surface area (Å²) < 4.78 is 28.1. The molecule has 1 saturated heterocycles. The van der Waals surface area contributed by atoms with Crippen LogP contribution in [0.25, 0.3) is 11.1 Å². The van der Waals surface area contributed by atoms with Crippen molar-refractivity contribution in [1.29, 1.82) is 0 Å². The Labute approximate surface area is 224 Å². The minimum atomic E-state index is -1.68. The van der Waals surface area contributed by atoms with Gasteiger partial charge in [-0.25, -0.2) is 18.6 Å². The highest BCUT2D eigenvalue weighted by Gasteiger charge is 2.29. The van der Waals surface area contributed by atoms with Gasteiger partial charge in [-0.2, -0.15) is 0 Å². The fourth-order valence-corrected chi connectivity index (χ4v) is 4.83. The van der Waals surface area contributed by atoms with Crippen molar-refractivity contribution in [1.82, 2.24) is 10.0 Å². The third-order valence-corrected chi connectivity index (χ3v) is 6.90. The van der Waals surface area contributed by atoms with Crippen LogP contribution in [0.15, 0.2) is 54.6 Å². The molecule has 8 nitrogen and oxygen atoms in total. The Balaban J connectivity index is 1.40. The first-order valence-corrected chi connectivity index (χ1v) is 12.5. The average Bonchev–Trinajstić information content (AvgIpc) is 3.24. The Morgan fingerprint density at radius 1 is 1.05 bits per heavy atom. The van der Waals surface area contributed by atoms with E-state index in [9.17, 15) is 28.3 Å². The molecule has 10 heteroatoms. The smallest absolute Gasteiger partial charge is 0.341 e. The van der Waals surface area contributed by atoms with Crippen LogP contribution in [0.4, 0.5) is 8.78 Å². The molecule has 2 amide bonds. The van der Waals surface area contributed by atoms with Crippen LogP contribution in [-0.2, 0) is 11.2 Å². The highest BCUT2D eigenvalue weighted by Crippen LogP contribution is 2.28. The monoisotopic (exact) mass is 537 g/mol. The largest absolute Gasteiger partial charge is 0.477 e. The molecule has 204 valence electrons. The van der Waals surface area contributed by atoms with Gasteiger partial charge >= 0.3 is 5.97 Å². The number of nitrogens with zero attached hydrogens (tertiary/aromatic N) is 2. The fourth-order valence-electron chi connectivity index (χ4n) is 4.83. The van der Waals surface area contributed by atoms with Crippen LogP contribution in [0.2, 0.25) is 0 Å². The van der Waals surface area contributed by atoms with Gasteiger partial charge in [-0.3, -0.25) is 14.6 Å². The van der Waals surface area contributed by atoms with Gasteiger partial charge < -0.3 is 15.9 Å². The summed E-state index contributed by atoms with van der Waals surface area (Å²) in [6.45, 7) is 2.88. The van der Waals surface area contributed by atoms with Crippen molar-refractivity contribution in [2.45, 2.75) is 32.3 Å². The lowest BCUT2D eigenvalue weighted by Gasteiger charge is -2.29. The second kappa shape index (κ2) is 11.7. The van der Waals surface area contributed by atoms with Gasteiger partial charge in [0.2, 0.25) is 11.8 Å². The first-order valence-electron chi connectivity index (χ1n) is 12.5. The Bertz CT molecular complexity index is 1400. The van der Waals surface area contributed by atoms with Crippen LogP contribution in [0, 0.1) is 18.6 Å². The summed E-state index contributed by atoms with van der Waals surface area (Å²) in [5.74, 6) is -4.64. The summed E-state index contributed by atoms with van der Waals surface area (Å²) in [5, 5.41) is 23.2. The number of carboxylic acids is 1. The van der Waals surface area contributed by atoms with Crippen molar-refractivity contribution in [3.8, 4) is 11.1 Å². The zero-order chi connectivity index (χ0) is 28.3. The van der Waals surface area contributed by atoms with Crippen molar-refractivity contribution in [2.24, 2.45) is 5.73 Å². The SMILES string of the molecule is Cc1cc(C(N)=O)ccc1-c1cccc(C(O)CCN2CCC(=O)N2CCc2cc(F)c(C(=O)O)c(F)c2)c1. The van der Waals surface area contributed by atoms with Crippen molar-refractivity contribution in [3.63, 3.8) is 0 Å². The second-order valence-corrected chi connectivity index (χ2v) is 9.53. The van der Waals surface area contributed by atoms with Crippen LogP contribution in [-0.4, -0.2) is 57.6 Å². The Morgan fingerprint density at radius 3 is 2.41 bits per heavy atom. The zero-order valence-electron chi connectivity index (χ0n) is 21.4. The molecule has 0 aliphatic carbocycles. The molecule has 3 aromatic carbocycles. The van der Waals surface area contributed by atoms with Crippen molar-refractivity contribution >= 4 is 17.8 Å². The number of nitrogens with two attached hydrogens (primary N) is 1. The number of amides is 2. The summed E-state index contributed by atoms with van der Waals surface area (Å²) in [5.41, 5.74) is 8.39. The summed E-state index contributed by atoms with van der Waals surface area (Å²) in [7, 11) is 0. The number of carbonyl (C=O) groups excluding carboxylic acids is 2. The van der Waals surface area contributed by atoms with Gasteiger partial charge in [0, 0.05) is 31.6 Å². The standard InChI is InChI=1S/C29H29F2N3O5/c1-17-13-21(28(32)37)5-6-22(17)19-3-2-4-20(16-19)25(35)8-10-33-11-9-26(36)34(33)12-7-18-14-23(30)27(29(38)39)24(31)15-18/h2-6,13-16,25,35H,7-12H2,1H3,(H2,32,37)(H,38,39). The number of aliphatic hydroxyl groups excluding tert-OH is 1. The van der Waals surface area contributed by atoms with Crippen LogP contribution < -0.4 is 5.73 Å². The van der Waals surface area contributed by atoms with Gasteiger partial charge in [0.05, 0.1) is 6.10 Å². The zero-order valence-corrected chi connectivity index (χ0v) is 21.4. The third-order valence-electron chi connectivity index (χ3n) is 6.90. The van der Waals surface area contributed by atoms with Gasteiger partial charge in [0.1, 0.15) is 17.2 Å². The number of aryl methyl sites for hydroxylation is 1. The maximum absolute atomic E-state index is 14.0. The predicted octanol–water partition coefficient (Wildman–Crippen LogP) is 3.85. The molecular formula is C29H29F2N3O5. The molecule has 1 atom stereocenters. The average molecular weight is 538 g/mol. The van der Waals surface area contributed by atoms with E-state index in [0.717, 1.165) is 28.8 Å². The van der Waals surface area contributed by atoms with E-state index in [2.05, 4.69) is 0 Å². The van der Waals surface area contributed by atoms with Crippen LogP contribution in [0.1, 0.15) is 56.4 Å². The number of primary amides is 1. The molecule has 3 aromatic rings. The summed E-state index contributed by atoms with van der Waals surface area (Å²) in [6.07, 6.45) is -0.0514. The van der Waals surface area contributed by atoms with Gasteiger partial charge in [0.15, 0.2) is 0 Å². The van der Waals surface area contributed by atoms with E-state index in [0.29, 0.717) is 30.6 Å². The molecule has 0 spiro atoms. The Hall–Kier alpha value is -4.15. The summed E-state index contributed by atoms with van der Waals surface area (Å²) in [4.78, 5) is 34.9. The molecule has 39 heavy (non-hydrogen) atoms. The number of hydrazine groups is 1. The number of carboxylic acid groups (broad SMARTS) is 1. The van der Waals surface area contributed by atoms with E-state index in [-0.39, 0.29) is 30.9 Å².